The summed E-state index contributed by atoms with van der Waals surface area (Å²) in [5.41, 5.74) is 6.76. The van der Waals surface area contributed by atoms with E-state index in [4.69, 9.17) is 17.9 Å². The van der Waals surface area contributed by atoms with Gasteiger partial charge in [0, 0.05) is 6.20 Å². The molecule has 0 bridgehead atoms. The Balaban J connectivity index is 1.08. The Bertz CT molecular complexity index is 4570. The molecule has 0 amide bonds. The molecule has 9 aromatic carbocycles. The van der Waals surface area contributed by atoms with Gasteiger partial charge in [-0.2, -0.15) is 0 Å². The van der Waals surface area contributed by atoms with Crippen LogP contribution in [-0.4, -0.2) is 23.3 Å². The van der Waals surface area contributed by atoms with Crippen LogP contribution >= 0.6 is 0 Å². The summed E-state index contributed by atoms with van der Waals surface area (Å²) >= 11 is 2.17. The van der Waals surface area contributed by atoms with Crippen molar-refractivity contribution < 1.29 is 37.8 Å². The van der Waals surface area contributed by atoms with Crippen LogP contribution in [0.2, 0.25) is 0 Å². The molecule has 0 saturated carbocycles. The fourth-order valence-electron chi connectivity index (χ4n) is 9.40. The van der Waals surface area contributed by atoms with Crippen molar-refractivity contribution in [1.82, 2.24) is 23.3 Å². The summed E-state index contributed by atoms with van der Waals surface area (Å²) in [6.07, 6.45) is 1.84. The molecule has 0 atom stereocenters. The molecule has 326 valence electrons. The van der Waals surface area contributed by atoms with Gasteiger partial charge in [0.1, 0.15) is 0 Å². The van der Waals surface area contributed by atoms with Gasteiger partial charge < -0.3 is 0 Å². The van der Waals surface area contributed by atoms with Crippen molar-refractivity contribution in [3.05, 3.63) is 240 Å². The van der Waals surface area contributed by atoms with Gasteiger partial charge in [0.05, 0.1) is 0 Å². The van der Waals surface area contributed by atoms with Crippen LogP contribution in [0.25, 0.3) is 99.8 Å². The van der Waals surface area contributed by atoms with E-state index in [1.165, 1.54) is 0 Å². The van der Waals surface area contributed by atoms with Crippen molar-refractivity contribution in [3.63, 3.8) is 0 Å². The summed E-state index contributed by atoms with van der Waals surface area (Å²) < 4.78 is 106. The minimum absolute atomic E-state index is 0.143. The molecule has 68 heavy (non-hydrogen) atoms. The second-order valence-corrected chi connectivity index (χ2v) is 17.3. The molecule has 0 unspecified atom stereocenters. The predicted molar refractivity (Wildman–Crippen MR) is 272 cm³/mol. The van der Waals surface area contributed by atoms with Crippen LogP contribution in [0, 0.1) is 22.9 Å². The third-order valence-corrected chi connectivity index (χ3v) is 13.3. The molecule has 0 spiro atoms. The topological polar surface area (TPSA) is 41.8 Å². The third kappa shape index (κ3) is 6.51. The number of aromatic nitrogens is 5. The van der Waals surface area contributed by atoms with Crippen molar-refractivity contribution >= 4 is 54.6 Å². The molecule has 0 aliphatic rings. The van der Waals surface area contributed by atoms with E-state index in [1.54, 1.807) is 18.2 Å². The van der Waals surface area contributed by atoms with Crippen molar-refractivity contribution in [2.24, 2.45) is 0 Å². The summed E-state index contributed by atoms with van der Waals surface area (Å²) in [4.78, 5) is 4.76. The molecule has 0 aliphatic heterocycles. The number of rotatable bonds is 8. The van der Waals surface area contributed by atoms with E-state index in [-0.39, 0.29) is 27.9 Å². The summed E-state index contributed by atoms with van der Waals surface area (Å²) in [7, 11) is 0. The second kappa shape index (κ2) is 16.2. The molecular formula is C61H39N5OPt-2. The van der Waals surface area contributed by atoms with Gasteiger partial charge in [-0.1, -0.05) is 18.2 Å². The van der Waals surface area contributed by atoms with E-state index in [0.29, 0.717) is 37.7 Å². The van der Waals surface area contributed by atoms with Crippen LogP contribution in [0.1, 0.15) is 19.3 Å². The first-order valence-electron chi connectivity index (χ1n) is 26.8. The number of hydrogen-bond donors (Lipinski definition) is 0. The van der Waals surface area contributed by atoms with Crippen LogP contribution in [0.5, 0.6) is 11.5 Å². The normalized spacial score (nSPS) is 13.8. The van der Waals surface area contributed by atoms with Crippen molar-refractivity contribution in [2.45, 2.75) is 6.92 Å². The third-order valence-electron chi connectivity index (χ3n) is 12.3. The molecule has 0 fully saturated rings. The van der Waals surface area contributed by atoms with Gasteiger partial charge in [0.25, 0.3) is 0 Å². The first-order valence-corrected chi connectivity index (χ1v) is 22.9. The number of pyridine rings is 1. The number of para-hydroxylation sites is 5. The first kappa shape index (κ1) is 30.8. The molecule has 6 nitrogen and oxygen atoms in total. The Morgan fingerprint density at radius 1 is 0.500 bits per heavy atom. The van der Waals surface area contributed by atoms with E-state index in [0.717, 1.165) is 55.0 Å². The standard InChI is InChI=1S/C61H39N5O.Pt/c1-41-31-34-60(62-39-41)66-56-28-13-10-25-50(56)51-33-32-47(38-59(51)66)67-46-22-16-21-44(35-46)63-40-64(58-30-15-14-29-57(58)63)61-52(42-17-4-2-5-18-42)36-45(37-53(61)43-19-6-3-7-20-43)65-54-26-11-8-23-48(54)49-24-9-12-27-55(49)65;/h2-34,36-37,39H,1H3;/q-2;/i2D,3D,4D,5D,6D,7D,17D,18D,19D,20D;. The molecule has 4 heterocycles. The number of nitrogens with zero attached hydrogens (tertiary/aromatic N) is 5. The van der Waals surface area contributed by atoms with E-state index in [9.17, 15) is 5.48 Å². The number of fused-ring (bicyclic) bond motifs is 7. The van der Waals surface area contributed by atoms with Crippen LogP contribution < -0.4 is 4.74 Å². The first-order chi connectivity index (χ1) is 37.7. The Morgan fingerprint density at radius 3 is 1.65 bits per heavy atom. The Labute approximate surface area is 417 Å². The molecule has 4 aromatic heterocycles. The fourth-order valence-corrected chi connectivity index (χ4v) is 10.5. The van der Waals surface area contributed by atoms with Crippen molar-refractivity contribution in [3.8, 4) is 56.6 Å². The maximum atomic E-state index is 9.52. The van der Waals surface area contributed by atoms with E-state index in [2.05, 4.69) is 48.2 Å². The van der Waals surface area contributed by atoms with E-state index in [1.807, 2.05) is 148 Å². The monoisotopic (exact) mass is 1060 g/mol. The van der Waals surface area contributed by atoms with Crippen LogP contribution in [0.15, 0.2) is 218 Å². The number of imidazole rings is 1. The Hall–Kier alpha value is -8.31. The molecule has 7 heteroatoms. The Morgan fingerprint density at radius 2 is 1.04 bits per heavy atom. The zero-order valence-corrected chi connectivity index (χ0v) is 38.2. The quantitative estimate of drug-likeness (QED) is 0.142. The van der Waals surface area contributed by atoms with Crippen molar-refractivity contribution in [1.29, 1.82) is 0 Å². The maximum absolute atomic E-state index is 9.52. The fraction of sp³-hybridized carbons (Fsp3) is 0.0164. The van der Waals surface area contributed by atoms with E-state index < -0.39 is 60.4 Å². The average molecular weight is 1060 g/mol. The zero-order valence-electron chi connectivity index (χ0n) is 46.0. The SMILES string of the molecule is [2H]c1c([2H])c([2H])c(-c2cc(-n3c4ccccc4c4ccccc43)cc(-c3c([2H])c([2H])c([2H])c([2H])c3[2H])c2-n2[c](=[Pt])n(-c3[c-]c(Oc4[c-]c5c(cc4)c4ccccc4n5-c4ccc(C)cn4)ccc3)c3ccccc32)c([2H])c1[2H]. The van der Waals surface area contributed by atoms with Crippen LogP contribution in [0.3, 0.4) is 0 Å². The molecule has 0 radical (unpaired) electrons. The number of aryl methyl sites for hydroxylation is 1. The molecule has 0 saturated heterocycles. The zero-order chi connectivity index (χ0) is 54.0. The molecular weight excluding hydrogens is 1010 g/mol. The average Bonchev–Trinajstić information content (AvgIpc) is 4.23. The van der Waals surface area contributed by atoms with Crippen LogP contribution in [0.4, 0.5) is 0 Å². The molecule has 13 rings (SSSR count). The summed E-state index contributed by atoms with van der Waals surface area (Å²) in [6, 6.07) is 49.8. The van der Waals surface area contributed by atoms with Gasteiger partial charge in [-0.05, 0) is 12.5 Å². The van der Waals surface area contributed by atoms with Gasteiger partial charge >= 0.3 is 382 Å². The van der Waals surface area contributed by atoms with Gasteiger partial charge in [-0.25, -0.2) is 0 Å². The number of ether oxygens (including phenoxy) is 1. The second-order valence-electron chi connectivity index (χ2n) is 16.3. The number of benzene rings is 9. The summed E-state index contributed by atoms with van der Waals surface area (Å²) in [5, 5.41) is 3.85. The summed E-state index contributed by atoms with van der Waals surface area (Å²) in [6.45, 7) is 2.00. The predicted octanol–water partition coefficient (Wildman–Crippen LogP) is 15.1. The van der Waals surface area contributed by atoms with Gasteiger partial charge in [-0.15, -0.1) is 0 Å². The molecule has 0 N–H and O–H groups in total. The number of hydrogen-bond acceptors (Lipinski definition) is 2. The molecule has 0 aliphatic carbocycles. The van der Waals surface area contributed by atoms with E-state index >= 15 is 0 Å². The molecule has 13 aromatic rings. The van der Waals surface area contributed by atoms with Gasteiger partial charge in [0.2, 0.25) is 0 Å². The van der Waals surface area contributed by atoms with Crippen LogP contribution in [-0.2, 0) is 19.4 Å². The minimum atomic E-state index is -0.584. The van der Waals surface area contributed by atoms with Gasteiger partial charge in [0.15, 0.2) is 0 Å². The van der Waals surface area contributed by atoms with Crippen molar-refractivity contribution in [2.75, 3.05) is 0 Å². The Kier molecular flexibility index (Phi) is 7.35. The summed E-state index contributed by atoms with van der Waals surface area (Å²) in [5.74, 6) is 1.54. The van der Waals surface area contributed by atoms with Gasteiger partial charge in [-0.3, -0.25) is 0 Å².